The van der Waals surface area contributed by atoms with Crippen LogP contribution in [-0.4, -0.2) is 21.9 Å². The van der Waals surface area contributed by atoms with Crippen LogP contribution in [0, 0.1) is 5.82 Å². The van der Waals surface area contributed by atoms with Gasteiger partial charge in [-0.2, -0.15) is 4.37 Å². The summed E-state index contributed by atoms with van der Waals surface area (Å²) in [5.74, 6) is 0.411. The quantitative estimate of drug-likeness (QED) is 0.824. The maximum absolute atomic E-state index is 13.5. The van der Waals surface area contributed by atoms with E-state index in [1.165, 1.54) is 17.6 Å². The smallest absolute Gasteiger partial charge is 0.202 e. The molecular formula is C14H19FN4S. The van der Waals surface area contributed by atoms with Crippen molar-refractivity contribution in [3.8, 4) is 0 Å². The molecule has 0 aliphatic rings. The van der Waals surface area contributed by atoms with Crippen molar-refractivity contribution in [2.75, 3.05) is 11.9 Å². The second kappa shape index (κ2) is 7.31. The molecule has 2 aromatic rings. The molecule has 20 heavy (non-hydrogen) atoms. The number of halogens is 1. The number of hydrogen-bond acceptors (Lipinski definition) is 5. The molecule has 0 fully saturated rings. The lowest BCUT2D eigenvalue weighted by atomic mass is 10.1. The van der Waals surface area contributed by atoms with E-state index in [9.17, 15) is 4.39 Å². The predicted octanol–water partition coefficient (Wildman–Crippen LogP) is 2.81. The van der Waals surface area contributed by atoms with Gasteiger partial charge in [0.25, 0.3) is 0 Å². The SMILES string of the molecule is CCCC(N)CNc1nc(Cc2ccccc2F)ns1. The summed E-state index contributed by atoms with van der Waals surface area (Å²) in [6, 6.07) is 6.81. The first-order valence-electron chi connectivity index (χ1n) is 6.74. The van der Waals surface area contributed by atoms with Crippen molar-refractivity contribution in [1.82, 2.24) is 9.36 Å². The number of benzene rings is 1. The summed E-state index contributed by atoms with van der Waals surface area (Å²) >= 11 is 1.28. The number of nitrogens with zero attached hydrogens (tertiary/aromatic N) is 2. The summed E-state index contributed by atoms with van der Waals surface area (Å²) in [6.45, 7) is 2.79. The van der Waals surface area contributed by atoms with E-state index in [0.717, 1.165) is 18.0 Å². The molecule has 1 heterocycles. The summed E-state index contributed by atoms with van der Waals surface area (Å²) < 4.78 is 17.8. The van der Waals surface area contributed by atoms with Gasteiger partial charge in [0.1, 0.15) is 11.6 Å². The van der Waals surface area contributed by atoms with Crippen LogP contribution in [0.3, 0.4) is 0 Å². The minimum Gasteiger partial charge on any atom is -0.359 e. The molecule has 0 radical (unpaired) electrons. The molecule has 3 N–H and O–H groups in total. The molecule has 6 heteroatoms. The Morgan fingerprint density at radius 3 is 2.95 bits per heavy atom. The molecule has 1 unspecified atom stereocenters. The Balaban J connectivity index is 1.91. The van der Waals surface area contributed by atoms with Crippen molar-refractivity contribution < 1.29 is 4.39 Å². The van der Waals surface area contributed by atoms with E-state index in [1.54, 1.807) is 12.1 Å². The van der Waals surface area contributed by atoms with Gasteiger partial charge >= 0.3 is 0 Å². The van der Waals surface area contributed by atoms with Gasteiger partial charge in [-0.3, -0.25) is 0 Å². The molecule has 2 rings (SSSR count). The Hall–Kier alpha value is -1.53. The van der Waals surface area contributed by atoms with Crippen LogP contribution in [0.5, 0.6) is 0 Å². The third kappa shape index (κ3) is 4.25. The van der Waals surface area contributed by atoms with Crippen molar-refractivity contribution in [2.24, 2.45) is 5.73 Å². The first kappa shape index (κ1) is 14.9. The fraction of sp³-hybridized carbons (Fsp3) is 0.429. The van der Waals surface area contributed by atoms with Gasteiger partial charge < -0.3 is 11.1 Å². The highest BCUT2D eigenvalue weighted by Crippen LogP contribution is 2.16. The maximum Gasteiger partial charge on any atom is 0.202 e. The molecule has 0 aliphatic carbocycles. The largest absolute Gasteiger partial charge is 0.359 e. The van der Waals surface area contributed by atoms with E-state index in [-0.39, 0.29) is 11.9 Å². The molecule has 0 bridgehead atoms. The van der Waals surface area contributed by atoms with Crippen molar-refractivity contribution in [3.63, 3.8) is 0 Å². The van der Waals surface area contributed by atoms with Crippen molar-refractivity contribution in [2.45, 2.75) is 32.2 Å². The van der Waals surface area contributed by atoms with Crippen LogP contribution in [0.4, 0.5) is 9.52 Å². The zero-order chi connectivity index (χ0) is 14.4. The normalized spacial score (nSPS) is 12.3. The molecule has 4 nitrogen and oxygen atoms in total. The van der Waals surface area contributed by atoms with Crippen LogP contribution in [-0.2, 0) is 6.42 Å². The molecule has 0 saturated heterocycles. The Labute approximate surface area is 122 Å². The first-order valence-corrected chi connectivity index (χ1v) is 7.51. The second-order valence-corrected chi connectivity index (χ2v) is 5.47. The minimum atomic E-state index is -0.221. The van der Waals surface area contributed by atoms with E-state index < -0.39 is 0 Å². The van der Waals surface area contributed by atoms with Crippen LogP contribution < -0.4 is 11.1 Å². The van der Waals surface area contributed by atoms with Gasteiger partial charge in [-0.05, 0) is 18.1 Å². The Morgan fingerprint density at radius 2 is 2.20 bits per heavy atom. The van der Waals surface area contributed by atoms with Gasteiger partial charge in [-0.15, -0.1) is 0 Å². The minimum absolute atomic E-state index is 0.124. The Kier molecular flexibility index (Phi) is 5.43. The lowest BCUT2D eigenvalue weighted by Crippen LogP contribution is -2.28. The zero-order valence-electron chi connectivity index (χ0n) is 11.5. The van der Waals surface area contributed by atoms with Gasteiger partial charge in [-0.1, -0.05) is 31.5 Å². The van der Waals surface area contributed by atoms with E-state index in [4.69, 9.17) is 5.73 Å². The number of aromatic nitrogens is 2. The van der Waals surface area contributed by atoms with Crippen molar-refractivity contribution in [3.05, 3.63) is 41.5 Å². The summed E-state index contributed by atoms with van der Waals surface area (Å²) in [4.78, 5) is 4.35. The van der Waals surface area contributed by atoms with E-state index in [0.29, 0.717) is 24.4 Å². The van der Waals surface area contributed by atoms with Gasteiger partial charge in [0.15, 0.2) is 0 Å². The van der Waals surface area contributed by atoms with E-state index >= 15 is 0 Å². The van der Waals surface area contributed by atoms with Crippen molar-refractivity contribution >= 4 is 16.7 Å². The molecule has 1 aromatic carbocycles. The van der Waals surface area contributed by atoms with Gasteiger partial charge in [0.2, 0.25) is 5.13 Å². The Bertz CT molecular complexity index is 543. The average Bonchev–Trinajstić information content (AvgIpc) is 2.87. The first-order chi connectivity index (χ1) is 9.69. The van der Waals surface area contributed by atoms with Crippen LogP contribution in [0.15, 0.2) is 24.3 Å². The number of anilines is 1. The summed E-state index contributed by atoms with van der Waals surface area (Å²) in [7, 11) is 0. The lowest BCUT2D eigenvalue weighted by molar-refractivity contribution is 0.612. The summed E-state index contributed by atoms with van der Waals surface area (Å²) in [5, 5.41) is 3.91. The number of nitrogens with two attached hydrogens (primary N) is 1. The number of hydrogen-bond donors (Lipinski definition) is 2. The fourth-order valence-electron chi connectivity index (χ4n) is 1.90. The maximum atomic E-state index is 13.5. The van der Waals surface area contributed by atoms with E-state index in [1.807, 2.05) is 6.07 Å². The highest BCUT2D eigenvalue weighted by atomic mass is 32.1. The molecule has 0 spiro atoms. The average molecular weight is 294 g/mol. The number of nitrogens with one attached hydrogen (secondary N) is 1. The van der Waals surface area contributed by atoms with Crippen LogP contribution in [0.25, 0.3) is 0 Å². The lowest BCUT2D eigenvalue weighted by Gasteiger charge is -2.09. The third-order valence-corrected chi connectivity index (χ3v) is 3.66. The van der Waals surface area contributed by atoms with Crippen LogP contribution in [0.2, 0.25) is 0 Å². The molecule has 0 saturated carbocycles. The monoisotopic (exact) mass is 294 g/mol. The third-order valence-electron chi connectivity index (χ3n) is 2.95. The molecular weight excluding hydrogens is 275 g/mol. The molecule has 0 aliphatic heterocycles. The summed E-state index contributed by atoms with van der Waals surface area (Å²) in [6.07, 6.45) is 2.46. The summed E-state index contributed by atoms with van der Waals surface area (Å²) in [5.41, 5.74) is 6.54. The molecule has 0 amide bonds. The van der Waals surface area contributed by atoms with Crippen LogP contribution in [0.1, 0.15) is 31.2 Å². The Morgan fingerprint density at radius 1 is 1.40 bits per heavy atom. The topological polar surface area (TPSA) is 63.8 Å². The molecule has 1 aromatic heterocycles. The standard InChI is InChI=1S/C14H19FN4S/c1-2-5-11(16)9-17-14-18-13(19-20-14)8-10-6-3-4-7-12(10)15/h3-4,6-7,11H,2,5,8-9,16H2,1H3,(H,17,18,19). The molecule has 1 atom stereocenters. The fourth-order valence-corrected chi connectivity index (χ4v) is 2.49. The number of rotatable bonds is 7. The van der Waals surface area contributed by atoms with Gasteiger partial charge in [0, 0.05) is 30.5 Å². The van der Waals surface area contributed by atoms with E-state index in [2.05, 4.69) is 21.6 Å². The molecule has 108 valence electrons. The highest BCUT2D eigenvalue weighted by Gasteiger charge is 2.09. The van der Waals surface area contributed by atoms with Gasteiger partial charge in [0.05, 0.1) is 0 Å². The van der Waals surface area contributed by atoms with Crippen molar-refractivity contribution in [1.29, 1.82) is 0 Å². The predicted molar refractivity (Wildman–Crippen MR) is 80.5 cm³/mol. The highest BCUT2D eigenvalue weighted by molar-refractivity contribution is 7.09. The second-order valence-electron chi connectivity index (χ2n) is 4.71. The van der Waals surface area contributed by atoms with Crippen LogP contribution >= 0.6 is 11.5 Å². The zero-order valence-corrected chi connectivity index (χ0v) is 12.3. The van der Waals surface area contributed by atoms with Gasteiger partial charge in [-0.25, -0.2) is 9.37 Å².